The Balaban J connectivity index is 1.50. The van der Waals surface area contributed by atoms with Crippen LogP contribution >= 0.6 is 0 Å². The maximum atomic E-state index is 13.8. The largest absolute Gasteiger partial charge is 0.497 e. The highest BCUT2D eigenvalue weighted by molar-refractivity contribution is 6.06. The molecule has 3 aromatic rings. The van der Waals surface area contributed by atoms with E-state index in [2.05, 4.69) is 30.1 Å². The van der Waals surface area contributed by atoms with Crippen molar-refractivity contribution in [3.63, 3.8) is 0 Å². The summed E-state index contributed by atoms with van der Waals surface area (Å²) < 4.78 is 5.36. The van der Waals surface area contributed by atoms with Crippen molar-refractivity contribution in [2.45, 2.75) is 63.6 Å². The summed E-state index contributed by atoms with van der Waals surface area (Å²) in [4.78, 5) is 34.6. The minimum absolute atomic E-state index is 0.0261. The van der Waals surface area contributed by atoms with Gasteiger partial charge in [-0.3, -0.25) is 14.6 Å². The van der Waals surface area contributed by atoms with Crippen molar-refractivity contribution >= 4 is 22.8 Å². The number of aromatic nitrogens is 1. The molecule has 2 unspecified atom stereocenters. The minimum atomic E-state index is -0.460. The lowest BCUT2D eigenvalue weighted by atomic mass is 9.88. The zero-order chi connectivity index (χ0) is 22.7. The number of fused-ring (bicyclic) bond motifs is 4. The van der Waals surface area contributed by atoms with E-state index in [1.165, 1.54) is 12.0 Å². The molecule has 6 heteroatoms. The van der Waals surface area contributed by atoms with Crippen LogP contribution in [0.4, 0.5) is 4.79 Å². The van der Waals surface area contributed by atoms with Gasteiger partial charge in [0.05, 0.1) is 7.11 Å². The number of imide groups is 1. The first kappa shape index (κ1) is 20.3. The van der Waals surface area contributed by atoms with Gasteiger partial charge < -0.3 is 9.72 Å². The summed E-state index contributed by atoms with van der Waals surface area (Å²) in [5, 5.41) is 1.15. The molecule has 1 saturated heterocycles. The molecule has 2 atom stereocenters. The quantitative estimate of drug-likeness (QED) is 0.573. The number of nitrogens with one attached hydrogen (secondary N) is 1. The van der Waals surface area contributed by atoms with Crippen molar-refractivity contribution in [2.24, 2.45) is 0 Å². The Kier molecular flexibility index (Phi) is 4.71. The summed E-state index contributed by atoms with van der Waals surface area (Å²) in [6, 6.07) is 13.3. The summed E-state index contributed by atoms with van der Waals surface area (Å²) in [5.74, 6) is 0.740. The number of nitrogens with zero attached hydrogens (tertiary/aromatic N) is 2. The van der Waals surface area contributed by atoms with E-state index in [9.17, 15) is 9.59 Å². The number of rotatable bonds is 3. The molecule has 1 aromatic heterocycles. The number of benzene rings is 2. The van der Waals surface area contributed by atoms with Crippen LogP contribution in [0.5, 0.6) is 5.75 Å². The SMILES string of the molecule is COc1ccc(C2c3[nH]c4ccc(C)cc4c3CC3C(=O)N(C4CCCCC4)C(=O)N32)cc1. The fourth-order valence-corrected chi connectivity index (χ4v) is 6.06. The molecule has 33 heavy (non-hydrogen) atoms. The number of ether oxygens (including phenoxy) is 1. The van der Waals surface area contributed by atoms with Gasteiger partial charge in [0.1, 0.15) is 17.8 Å². The molecule has 6 rings (SSSR count). The van der Waals surface area contributed by atoms with Crippen molar-refractivity contribution in [3.05, 3.63) is 64.8 Å². The fourth-order valence-electron chi connectivity index (χ4n) is 6.06. The molecule has 1 saturated carbocycles. The van der Waals surface area contributed by atoms with Crippen LogP contribution < -0.4 is 4.74 Å². The predicted molar refractivity (Wildman–Crippen MR) is 126 cm³/mol. The number of carbonyl (C=O) groups is 2. The predicted octanol–water partition coefficient (Wildman–Crippen LogP) is 5.10. The summed E-state index contributed by atoms with van der Waals surface area (Å²) in [7, 11) is 1.65. The van der Waals surface area contributed by atoms with Crippen LogP contribution in [0.2, 0.25) is 0 Å². The van der Waals surface area contributed by atoms with Gasteiger partial charge in [-0.15, -0.1) is 0 Å². The number of H-pyrrole nitrogens is 1. The van der Waals surface area contributed by atoms with Crippen molar-refractivity contribution in [2.75, 3.05) is 7.11 Å². The second-order valence-corrected chi connectivity index (χ2v) is 9.65. The number of hydrogen-bond donors (Lipinski definition) is 1. The third-order valence-corrected chi connectivity index (χ3v) is 7.70. The van der Waals surface area contributed by atoms with E-state index in [1.807, 2.05) is 29.2 Å². The van der Waals surface area contributed by atoms with Crippen molar-refractivity contribution < 1.29 is 14.3 Å². The monoisotopic (exact) mass is 443 g/mol. The zero-order valence-corrected chi connectivity index (χ0v) is 19.1. The van der Waals surface area contributed by atoms with E-state index >= 15 is 0 Å². The standard InChI is InChI=1S/C27H29N3O3/c1-16-8-13-22-20(14-16)21-15-23-26(31)29(18-6-4-3-5-7-18)27(32)30(23)25(24(21)28-22)17-9-11-19(33-2)12-10-17/h8-14,18,23,25,28H,3-7,15H2,1-2H3. The third-order valence-electron chi connectivity index (χ3n) is 7.70. The molecular weight excluding hydrogens is 414 g/mol. The van der Waals surface area contributed by atoms with Crippen LogP contribution in [0.15, 0.2) is 42.5 Å². The van der Waals surface area contributed by atoms with E-state index < -0.39 is 6.04 Å². The van der Waals surface area contributed by atoms with Gasteiger partial charge in [-0.2, -0.15) is 0 Å². The van der Waals surface area contributed by atoms with Crippen LogP contribution in [0.1, 0.15) is 60.5 Å². The third kappa shape index (κ3) is 3.07. The van der Waals surface area contributed by atoms with Gasteiger partial charge in [0, 0.05) is 29.1 Å². The number of aryl methyl sites for hydroxylation is 1. The van der Waals surface area contributed by atoms with Gasteiger partial charge in [0.25, 0.3) is 5.91 Å². The van der Waals surface area contributed by atoms with Gasteiger partial charge in [0.2, 0.25) is 0 Å². The Hall–Kier alpha value is -3.28. The van der Waals surface area contributed by atoms with Crippen LogP contribution in [-0.4, -0.2) is 45.9 Å². The highest BCUT2D eigenvalue weighted by atomic mass is 16.5. The summed E-state index contributed by atoms with van der Waals surface area (Å²) in [6.07, 6.45) is 5.73. The highest BCUT2D eigenvalue weighted by Crippen LogP contribution is 2.45. The van der Waals surface area contributed by atoms with Gasteiger partial charge in [-0.1, -0.05) is 43.0 Å². The average Bonchev–Trinajstić information content (AvgIpc) is 3.32. The van der Waals surface area contributed by atoms with Crippen LogP contribution in [0.25, 0.3) is 10.9 Å². The van der Waals surface area contributed by atoms with E-state index in [4.69, 9.17) is 4.74 Å². The molecule has 0 spiro atoms. The maximum absolute atomic E-state index is 13.8. The minimum Gasteiger partial charge on any atom is -0.497 e. The normalized spacial score (nSPS) is 23.2. The number of carbonyl (C=O) groups excluding carboxylic acids is 2. The Morgan fingerprint density at radius 2 is 1.76 bits per heavy atom. The fraction of sp³-hybridized carbons (Fsp3) is 0.407. The first-order chi connectivity index (χ1) is 16.1. The summed E-state index contributed by atoms with van der Waals surface area (Å²) >= 11 is 0. The van der Waals surface area contributed by atoms with Gasteiger partial charge in [-0.05, 0) is 55.2 Å². The molecule has 0 radical (unpaired) electrons. The molecule has 1 N–H and O–H groups in total. The molecule has 0 bridgehead atoms. The number of methoxy groups -OCH3 is 1. The lowest BCUT2D eigenvalue weighted by Gasteiger charge is -2.36. The first-order valence-corrected chi connectivity index (χ1v) is 12.0. The molecule has 3 aliphatic rings. The Labute approximate surface area is 193 Å². The molecule has 3 heterocycles. The second kappa shape index (κ2) is 7.65. The molecule has 6 nitrogen and oxygen atoms in total. The van der Waals surface area contributed by atoms with Crippen molar-refractivity contribution in [1.82, 2.24) is 14.8 Å². The van der Waals surface area contributed by atoms with Gasteiger partial charge in [-0.25, -0.2) is 4.79 Å². The Morgan fingerprint density at radius 3 is 2.48 bits per heavy atom. The van der Waals surface area contributed by atoms with E-state index in [0.29, 0.717) is 6.42 Å². The second-order valence-electron chi connectivity index (χ2n) is 9.65. The molecule has 2 aliphatic heterocycles. The Morgan fingerprint density at radius 1 is 1.00 bits per heavy atom. The van der Waals surface area contributed by atoms with Crippen LogP contribution in [0.3, 0.4) is 0 Å². The van der Waals surface area contributed by atoms with Crippen LogP contribution in [0, 0.1) is 6.92 Å². The first-order valence-electron chi connectivity index (χ1n) is 12.0. The van der Waals surface area contributed by atoms with Gasteiger partial charge >= 0.3 is 6.03 Å². The lowest BCUT2D eigenvalue weighted by molar-refractivity contribution is -0.130. The molecule has 1 aliphatic carbocycles. The number of urea groups is 1. The smallest absolute Gasteiger partial charge is 0.328 e. The van der Waals surface area contributed by atoms with Crippen molar-refractivity contribution in [3.8, 4) is 5.75 Å². The molecule has 2 fully saturated rings. The topological polar surface area (TPSA) is 65.6 Å². The zero-order valence-electron chi connectivity index (χ0n) is 19.1. The van der Waals surface area contributed by atoms with Crippen molar-refractivity contribution in [1.29, 1.82) is 0 Å². The van der Waals surface area contributed by atoms with E-state index in [-0.39, 0.29) is 24.0 Å². The number of amides is 3. The highest BCUT2D eigenvalue weighted by Gasteiger charge is 2.54. The number of aromatic amines is 1. The van der Waals surface area contributed by atoms with Crippen LogP contribution in [-0.2, 0) is 11.2 Å². The van der Waals surface area contributed by atoms with E-state index in [0.717, 1.165) is 59.2 Å². The van der Waals surface area contributed by atoms with Gasteiger partial charge in [0.15, 0.2) is 0 Å². The molecule has 2 aromatic carbocycles. The lowest BCUT2D eigenvalue weighted by Crippen LogP contribution is -2.44. The maximum Gasteiger partial charge on any atom is 0.328 e. The average molecular weight is 444 g/mol. The summed E-state index contributed by atoms with van der Waals surface area (Å²) in [5.41, 5.74) is 5.39. The molecular formula is C27H29N3O3. The summed E-state index contributed by atoms with van der Waals surface area (Å²) in [6.45, 7) is 2.09. The Bertz CT molecular complexity index is 1240. The molecule has 170 valence electrons. The molecule has 3 amide bonds. The van der Waals surface area contributed by atoms with E-state index in [1.54, 1.807) is 12.0 Å². The number of hydrogen-bond acceptors (Lipinski definition) is 3.